The first-order valence-corrected chi connectivity index (χ1v) is 11.1. The van der Waals surface area contributed by atoms with Gasteiger partial charge in [-0.1, -0.05) is 0 Å². The van der Waals surface area contributed by atoms with E-state index in [1.165, 1.54) is 16.7 Å². The van der Waals surface area contributed by atoms with Crippen LogP contribution in [0.4, 0.5) is 4.39 Å². The molecule has 5 rings (SSSR count). The van der Waals surface area contributed by atoms with Gasteiger partial charge in [0.05, 0.1) is 12.8 Å². The van der Waals surface area contributed by atoms with E-state index in [1.807, 2.05) is 17.0 Å². The molecular formula is C25H26FN3O3. The predicted octanol–water partition coefficient (Wildman–Crippen LogP) is 3.37. The lowest BCUT2D eigenvalue weighted by molar-refractivity contribution is -0.138. The van der Waals surface area contributed by atoms with Crippen LogP contribution in [0, 0.1) is 11.7 Å². The average Bonchev–Trinajstić information content (AvgIpc) is 3.32. The van der Waals surface area contributed by atoms with Crippen LogP contribution in [0.2, 0.25) is 0 Å². The molecule has 1 fully saturated rings. The van der Waals surface area contributed by atoms with Gasteiger partial charge in [0.15, 0.2) is 0 Å². The number of hydrogen-bond acceptors (Lipinski definition) is 4. The van der Waals surface area contributed by atoms with Crippen LogP contribution in [-0.2, 0) is 24.3 Å². The molecule has 0 aliphatic carbocycles. The molecule has 4 heterocycles. The standard InChI is InChI=1S/C25H26FN3O3/c26-21-3-5-22(6-4-21)29-16-20-15-28(12-9-19(20)14-24(29)30)25(31)18-7-10-27(11-8-18)17-23-2-1-13-32-23/h1-6,13-14,16,18H,7-12,15,17H2. The van der Waals surface area contributed by atoms with Crippen molar-refractivity contribution in [3.63, 3.8) is 0 Å². The Kier molecular flexibility index (Phi) is 5.66. The number of carbonyl (C=O) groups excluding carboxylic acids is 1. The van der Waals surface area contributed by atoms with E-state index in [0.29, 0.717) is 25.2 Å². The van der Waals surface area contributed by atoms with E-state index in [-0.39, 0.29) is 23.2 Å². The van der Waals surface area contributed by atoms with E-state index >= 15 is 0 Å². The fraction of sp³-hybridized carbons (Fsp3) is 0.360. The first-order chi connectivity index (χ1) is 15.6. The van der Waals surface area contributed by atoms with Crippen LogP contribution in [-0.4, -0.2) is 39.9 Å². The fourth-order valence-corrected chi connectivity index (χ4v) is 4.74. The smallest absolute Gasteiger partial charge is 0.255 e. The summed E-state index contributed by atoms with van der Waals surface area (Å²) in [4.78, 5) is 30.0. The van der Waals surface area contributed by atoms with Crippen LogP contribution in [0.5, 0.6) is 0 Å². The van der Waals surface area contributed by atoms with Crippen molar-refractivity contribution in [3.05, 3.63) is 88.0 Å². The number of hydrogen-bond donors (Lipinski definition) is 0. The van der Waals surface area contributed by atoms with Gasteiger partial charge in [0.1, 0.15) is 11.6 Å². The topological polar surface area (TPSA) is 58.7 Å². The van der Waals surface area contributed by atoms with E-state index in [1.54, 1.807) is 30.7 Å². The number of benzene rings is 1. The number of piperidine rings is 1. The second-order valence-electron chi connectivity index (χ2n) is 8.65. The third-order valence-corrected chi connectivity index (χ3v) is 6.56. The van der Waals surface area contributed by atoms with Crippen LogP contribution < -0.4 is 5.56 Å². The van der Waals surface area contributed by atoms with Crippen molar-refractivity contribution in [1.82, 2.24) is 14.4 Å². The Labute approximate surface area is 185 Å². The number of fused-ring (bicyclic) bond motifs is 1. The largest absolute Gasteiger partial charge is 0.468 e. The number of likely N-dealkylation sites (tertiary alicyclic amines) is 1. The van der Waals surface area contributed by atoms with Crippen LogP contribution >= 0.6 is 0 Å². The molecule has 0 radical (unpaired) electrons. The highest BCUT2D eigenvalue weighted by Gasteiger charge is 2.31. The molecule has 2 aliphatic heterocycles. The van der Waals surface area contributed by atoms with Crippen molar-refractivity contribution >= 4 is 5.91 Å². The third-order valence-electron chi connectivity index (χ3n) is 6.56. The van der Waals surface area contributed by atoms with Crippen molar-refractivity contribution < 1.29 is 13.6 Å². The highest BCUT2D eigenvalue weighted by atomic mass is 19.1. The Morgan fingerprint density at radius 2 is 1.84 bits per heavy atom. The van der Waals surface area contributed by atoms with Gasteiger partial charge in [-0.15, -0.1) is 0 Å². The Balaban J connectivity index is 1.25. The number of carbonyl (C=O) groups is 1. The summed E-state index contributed by atoms with van der Waals surface area (Å²) in [5.41, 5.74) is 2.44. The highest BCUT2D eigenvalue weighted by molar-refractivity contribution is 5.79. The minimum Gasteiger partial charge on any atom is -0.468 e. The molecule has 0 unspecified atom stereocenters. The van der Waals surface area contributed by atoms with Crippen molar-refractivity contribution in [1.29, 1.82) is 0 Å². The molecule has 1 aromatic carbocycles. The fourth-order valence-electron chi connectivity index (χ4n) is 4.74. The van der Waals surface area contributed by atoms with Crippen molar-refractivity contribution in [2.45, 2.75) is 32.4 Å². The minimum atomic E-state index is -0.341. The van der Waals surface area contributed by atoms with Gasteiger partial charge < -0.3 is 9.32 Å². The Bertz CT molecular complexity index is 1150. The molecule has 2 aromatic heterocycles. The summed E-state index contributed by atoms with van der Waals surface area (Å²) >= 11 is 0. The van der Waals surface area contributed by atoms with Gasteiger partial charge in [-0.25, -0.2) is 4.39 Å². The van der Waals surface area contributed by atoms with Crippen molar-refractivity contribution in [2.24, 2.45) is 5.92 Å². The number of amides is 1. The van der Waals surface area contributed by atoms with Crippen LogP contribution in [0.3, 0.4) is 0 Å². The number of aromatic nitrogens is 1. The summed E-state index contributed by atoms with van der Waals surface area (Å²) < 4.78 is 20.2. The molecule has 166 valence electrons. The number of furan rings is 1. The summed E-state index contributed by atoms with van der Waals surface area (Å²) in [5, 5.41) is 0. The quantitative estimate of drug-likeness (QED) is 0.631. The zero-order chi connectivity index (χ0) is 22.1. The first-order valence-electron chi connectivity index (χ1n) is 11.1. The maximum Gasteiger partial charge on any atom is 0.255 e. The van der Waals surface area contributed by atoms with Gasteiger partial charge in [0.25, 0.3) is 5.56 Å². The predicted molar refractivity (Wildman–Crippen MR) is 118 cm³/mol. The van der Waals surface area contributed by atoms with Gasteiger partial charge in [0, 0.05) is 37.0 Å². The molecule has 1 amide bonds. The van der Waals surface area contributed by atoms with E-state index in [0.717, 1.165) is 49.4 Å². The van der Waals surface area contributed by atoms with E-state index < -0.39 is 0 Å². The zero-order valence-corrected chi connectivity index (χ0v) is 17.9. The molecule has 7 heteroatoms. The third kappa shape index (κ3) is 4.25. The van der Waals surface area contributed by atoms with Gasteiger partial charge in [0.2, 0.25) is 5.91 Å². The lowest BCUT2D eigenvalue weighted by Gasteiger charge is -2.36. The van der Waals surface area contributed by atoms with E-state index in [9.17, 15) is 14.0 Å². The van der Waals surface area contributed by atoms with Crippen molar-refractivity contribution in [2.75, 3.05) is 19.6 Å². The molecule has 2 aliphatic rings. The summed E-state index contributed by atoms with van der Waals surface area (Å²) in [6, 6.07) is 11.4. The zero-order valence-electron chi connectivity index (χ0n) is 17.9. The number of nitrogens with zero attached hydrogens (tertiary/aromatic N) is 3. The molecular weight excluding hydrogens is 409 g/mol. The minimum absolute atomic E-state index is 0.0346. The van der Waals surface area contributed by atoms with Crippen LogP contribution in [0.1, 0.15) is 29.7 Å². The van der Waals surface area contributed by atoms with Gasteiger partial charge in [-0.3, -0.25) is 19.1 Å². The second kappa shape index (κ2) is 8.74. The molecule has 0 bridgehead atoms. The average molecular weight is 435 g/mol. The summed E-state index contributed by atoms with van der Waals surface area (Å²) in [6.07, 6.45) is 5.86. The van der Waals surface area contributed by atoms with Crippen LogP contribution in [0.25, 0.3) is 5.69 Å². The number of rotatable bonds is 4. The Hall–Kier alpha value is -3.19. The summed E-state index contributed by atoms with van der Waals surface area (Å²) in [5.74, 6) is 0.849. The van der Waals surface area contributed by atoms with Gasteiger partial charge >= 0.3 is 0 Å². The number of pyridine rings is 1. The lowest BCUT2D eigenvalue weighted by atomic mass is 9.93. The molecule has 1 saturated heterocycles. The molecule has 3 aromatic rings. The second-order valence-corrected chi connectivity index (χ2v) is 8.65. The molecule has 0 saturated carbocycles. The molecule has 0 N–H and O–H groups in total. The maximum absolute atomic E-state index is 13.3. The lowest BCUT2D eigenvalue weighted by Crippen LogP contribution is -2.44. The van der Waals surface area contributed by atoms with Gasteiger partial charge in [-0.05, 0) is 79.9 Å². The molecule has 0 spiro atoms. The van der Waals surface area contributed by atoms with Gasteiger partial charge in [-0.2, -0.15) is 0 Å². The van der Waals surface area contributed by atoms with Crippen LogP contribution in [0.15, 0.2) is 64.1 Å². The summed E-state index contributed by atoms with van der Waals surface area (Å²) in [7, 11) is 0. The maximum atomic E-state index is 13.3. The number of halogens is 1. The molecule has 0 atom stereocenters. The molecule has 6 nitrogen and oxygen atoms in total. The summed E-state index contributed by atoms with van der Waals surface area (Å²) in [6.45, 7) is 3.68. The normalized spacial score (nSPS) is 17.3. The van der Waals surface area contributed by atoms with E-state index in [4.69, 9.17) is 4.42 Å². The Morgan fingerprint density at radius 3 is 2.56 bits per heavy atom. The SMILES string of the molecule is O=C(C1CCN(Cc2ccco2)CC1)N1CCc2cc(=O)n(-c3ccc(F)cc3)cc2C1. The highest BCUT2D eigenvalue weighted by Crippen LogP contribution is 2.25. The monoisotopic (exact) mass is 435 g/mol. The Morgan fingerprint density at radius 1 is 1.06 bits per heavy atom. The molecule has 32 heavy (non-hydrogen) atoms. The first kappa shape index (κ1) is 20.7. The van der Waals surface area contributed by atoms with E-state index in [2.05, 4.69) is 4.90 Å². The van der Waals surface area contributed by atoms with Crippen molar-refractivity contribution in [3.8, 4) is 5.69 Å².